The van der Waals surface area contributed by atoms with Crippen LogP contribution >= 0.6 is 0 Å². The molecule has 0 bridgehead atoms. The van der Waals surface area contributed by atoms with E-state index < -0.39 is 29.4 Å². The van der Waals surface area contributed by atoms with Crippen LogP contribution in [0.1, 0.15) is 23.6 Å². The van der Waals surface area contributed by atoms with E-state index in [1.54, 1.807) is 0 Å². The largest absolute Gasteiger partial charge is 0.507 e. The summed E-state index contributed by atoms with van der Waals surface area (Å²) in [6.07, 6.45) is 0.619. The number of nitrogens with zero attached hydrogens (tertiary/aromatic N) is 2. The molecule has 0 radical (unpaired) electrons. The molecule has 7 heteroatoms. The predicted molar refractivity (Wildman–Crippen MR) is 105 cm³/mol. The van der Waals surface area contributed by atoms with Gasteiger partial charge in [0.1, 0.15) is 17.4 Å². The first-order valence-electron chi connectivity index (χ1n) is 9.24. The van der Waals surface area contributed by atoms with E-state index in [0.717, 1.165) is 12.1 Å². The van der Waals surface area contributed by atoms with Crippen molar-refractivity contribution in [3.8, 4) is 0 Å². The van der Waals surface area contributed by atoms with Crippen molar-refractivity contribution in [1.82, 2.24) is 9.80 Å². The summed E-state index contributed by atoms with van der Waals surface area (Å²) in [5, 5.41) is 10.8. The molecular formula is C22H22F2N2O3. The van der Waals surface area contributed by atoms with Crippen molar-refractivity contribution in [2.24, 2.45) is 0 Å². The van der Waals surface area contributed by atoms with Gasteiger partial charge in [0.25, 0.3) is 11.7 Å². The lowest BCUT2D eigenvalue weighted by atomic mass is 9.95. The lowest BCUT2D eigenvalue weighted by Crippen LogP contribution is -2.32. The summed E-state index contributed by atoms with van der Waals surface area (Å²) in [6, 6.07) is 9.62. The molecule has 1 N–H and O–H groups in total. The van der Waals surface area contributed by atoms with Gasteiger partial charge in [0.15, 0.2) is 0 Å². The van der Waals surface area contributed by atoms with E-state index in [4.69, 9.17) is 0 Å². The van der Waals surface area contributed by atoms with E-state index in [-0.39, 0.29) is 16.9 Å². The monoisotopic (exact) mass is 400 g/mol. The van der Waals surface area contributed by atoms with Gasteiger partial charge in [-0.05, 0) is 69.0 Å². The molecule has 1 aliphatic heterocycles. The summed E-state index contributed by atoms with van der Waals surface area (Å²) >= 11 is 0. The van der Waals surface area contributed by atoms with Crippen molar-refractivity contribution in [1.29, 1.82) is 0 Å². The van der Waals surface area contributed by atoms with E-state index in [2.05, 4.69) is 0 Å². The molecule has 0 saturated carbocycles. The second kappa shape index (κ2) is 8.53. The zero-order valence-corrected chi connectivity index (χ0v) is 16.2. The minimum absolute atomic E-state index is 0.0851. The van der Waals surface area contributed by atoms with Crippen molar-refractivity contribution >= 4 is 17.4 Å². The van der Waals surface area contributed by atoms with Gasteiger partial charge in [-0.2, -0.15) is 0 Å². The van der Waals surface area contributed by atoms with Gasteiger partial charge < -0.3 is 14.9 Å². The van der Waals surface area contributed by atoms with Crippen LogP contribution in [0.15, 0.2) is 54.1 Å². The van der Waals surface area contributed by atoms with Gasteiger partial charge in [-0.25, -0.2) is 8.78 Å². The Bertz CT molecular complexity index is 938. The molecule has 29 heavy (non-hydrogen) atoms. The maximum Gasteiger partial charge on any atom is 0.295 e. The first-order chi connectivity index (χ1) is 13.8. The number of benzene rings is 2. The van der Waals surface area contributed by atoms with Crippen LogP contribution in [-0.2, 0) is 9.59 Å². The van der Waals surface area contributed by atoms with Gasteiger partial charge in [-0.3, -0.25) is 9.59 Å². The Balaban J connectivity index is 2.07. The van der Waals surface area contributed by atoms with Gasteiger partial charge in [-0.15, -0.1) is 0 Å². The zero-order valence-electron chi connectivity index (χ0n) is 16.2. The van der Waals surface area contributed by atoms with Gasteiger partial charge in [0, 0.05) is 12.1 Å². The molecule has 3 rings (SSSR count). The van der Waals surface area contributed by atoms with E-state index in [1.165, 1.54) is 41.3 Å². The number of amides is 1. The average Bonchev–Trinajstić information content (AvgIpc) is 2.93. The van der Waals surface area contributed by atoms with Crippen LogP contribution in [0.5, 0.6) is 0 Å². The third-order valence-electron chi connectivity index (χ3n) is 4.85. The lowest BCUT2D eigenvalue weighted by molar-refractivity contribution is -0.139. The number of aliphatic hydroxyl groups excluding tert-OH is 1. The highest BCUT2D eigenvalue weighted by Gasteiger charge is 2.45. The number of aliphatic hydroxyl groups is 1. The van der Waals surface area contributed by atoms with Crippen LogP contribution in [-0.4, -0.2) is 53.8 Å². The van der Waals surface area contributed by atoms with Gasteiger partial charge in [0.2, 0.25) is 0 Å². The minimum Gasteiger partial charge on any atom is -0.507 e. The summed E-state index contributed by atoms with van der Waals surface area (Å²) < 4.78 is 26.7. The summed E-state index contributed by atoms with van der Waals surface area (Å²) in [4.78, 5) is 28.9. The van der Waals surface area contributed by atoms with Crippen molar-refractivity contribution in [2.45, 2.75) is 12.5 Å². The molecule has 0 aromatic heterocycles. The molecule has 0 aliphatic carbocycles. The molecule has 2 aromatic rings. The van der Waals surface area contributed by atoms with Crippen molar-refractivity contribution in [3.05, 3.63) is 76.9 Å². The fraction of sp³-hybridized carbons (Fsp3) is 0.273. The first kappa shape index (κ1) is 20.7. The van der Waals surface area contributed by atoms with Crippen LogP contribution in [0.25, 0.3) is 5.76 Å². The van der Waals surface area contributed by atoms with Crippen LogP contribution in [0.2, 0.25) is 0 Å². The number of hydrogen-bond donors (Lipinski definition) is 1. The molecule has 1 amide bonds. The van der Waals surface area contributed by atoms with Gasteiger partial charge >= 0.3 is 0 Å². The van der Waals surface area contributed by atoms with Gasteiger partial charge in [0.05, 0.1) is 11.6 Å². The molecule has 1 saturated heterocycles. The molecule has 1 unspecified atom stereocenters. The quantitative estimate of drug-likeness (QED) is 0.459. The fourth-order valence-electron chi connectivity index (χ4n) is 3.42. The number of halogens is 2. The third-order valence-corrected chi connectivity index (χ3v) is 4.85. The Kier molecular flexibility index (Phi) is 6.08. The minimum atomic E-state index is -0.845. The smallest absolute Gasteiger partial charge is 0.295 e. The highest BCUT2D eigenvalue weighted by Crippen LogP contribution is 2.39. The van der Waals surface area contributed by atoms with Crippen LogP contribution < -0.4 is 0 Å². The Morgan fingerprint density at radius 2 is 1.55 bits per heavy atom. The molecule has 1 fully saturated rings. The normalized spacial score (nSPS) is 18.7. The number of likely N-dealkylation sites (tertiary alicyclic amines) is 1. The van der Waals surface area contributed by atoms with Crippen LogP contribution in [0.3, 0.4) is 0 Å². The average molecular weight is 400 g/mol. The van der Waals surface area contributed by atoms with E-state index >= 15 is 0 Å². The standard InChI is InChI=1S/C22H22F2N2O3/c1-25(2)12-3-13-26-19(14-4-8-16(23)9-5-14)18(21(28)22(26)29)20(27)15-6-10-17(24)11-7-15/h4-11,19,27H,3,12-13H2,1-2H3/b20-18+. The maximum atomic E-state index is 13.4. The Morgan fingerprint density at radius 1 is 1.00 bits per heavy atom. The Hall–Kier alpha value is -3.06. The molecule has 2 aromatic carbocycles. The van der Waals surface area contributed by atoms with Crippen molar-refractivity contribution in [3.63, 3.8) is 0 Å². The third kappa shape index (κ3) is 4.35. The molecular weight excluding hydrogens is 378 g/mol. The summed E-state index contributed by atoms with van der Waals surface area (Å²) in [7, 11) is 3.81. The summed E-state index contributed by atoms with van der Waals surface area (Å²) in [5.74, 6) is -2.85. The summed E-state index contributed by atoms with van der Waals surface area (Å²) in [5.41, 5.74) is 0.655. The van der Waals surface area contributed by atoms with E-state index in [1.807, 2.05) is 19.0 Å². The molecule has 1 heterocycles. The van der Waals surface area contributed by atoms with Crippen LogP contribution in [0, 0.1) is 11.6 Å². The zero-order chi connectivity index (χ0) is 21.1. The number of carbonyl (C=O) groups excluding carboxylic acids is 2. The number of hydrogen-bond acceptors (Lipinski definition) is 4. The number of ketones is 1. The van der Waals surface area contributed by atoms with Crippen molar-refractivity contribution in [2.75, 3.05) is 27.2 Å². The second-order valence-corrected chi connectivity index (χ2v) is 7.21. The topological polar surface area (TPSA) is 60.9 Å². The predicted octanol–water partition coefficient (Wildman–Crippen LogP) is 3.34. The Labute approximate surface area is 167 Å². The molecule has 1 aliphatic rings. The number of Topliss-reactive ketones (excluding diaryl/α,β-unsaturated/α-hetero) is 1. The van der Waals surface area contributed by atoms with Crippen molar-refractivity contribution < 1.29 is 23.5 Å². The van der Waals surface area contributed by atoms with Crippen LogP contribution in [0.4, 0.5) is 8.78 Å². The highest BCUT2D eigenvalue weighted by atomic mass is 19.1. The summed E-state index contributed by atoms with van der Waals surface area (Å²) in [6.45, 7) is 1.00. The molecule has 5 nitrogen and oxygen atoms in total. The first-order valence-corrected chi connectivity index (χ1v) is 9.24. The molecule has 1 atom stereocenters. The Morgan fingerprint density at radius 3 is 2.10 bits per heavy atom. The lowest BCUT2D eigenvalue weighted by Gasteiger charge is -2.26. The fourth-order valence-corrected chi connectivity index (χ4v) is 3.42. The van der Waals surface area contributed by atoms with Gasteiger partial charge in [-0.1, -0.05) is 12.1 Å². The highest BCUT2D eigenvalue weighted by molar-refractivity contribution is 6.46. The van der Waals surface area contributed by atoms with E-state index in [9.17, 15) is 23.5 Å². The van der Waals surface area contributed by atoms with E-state index in [0.29, 0.717) is 25.1 Å². The molecule has 0 spiro atoms. The second-order valence-electron chi connectivity index (χ2n) is 7.21. The number of carbonyl (C=O) groups is 2. The maximum absolute atomic E-state index is 13.4. The molecule has 152 valence electrons. The number of rotatable bonds is 6. The SMILES string of the molecule is CN(C)CCCN1C(=O)C(=O)/C(=C(/O)c2ccc(F)cc2)C1c1ccc(F)cc1.